The van der Waals surface area contributed by atoms with Crippen molar-refractivity contribution in [1.82, 2.24) is 4.98 Å². The number of amides is 1. The number of anilines is 2. The third-order valence-electron chi connectivity index (χ3n) is 3.85. The van der Waals surface area contributed by atoms with Crippen molar-refractivity contribution in [3.8, 4) is 5.75 Å². The molecule has 8 heteroatoms. The second-order valence-corrected chi connectivity index (χ2v) is 5.77. The fourth-order valence-corrected chi connectivity index (χ4v) is 2.81. The van der Waals surface area contributed by atoms with Crippen LogP contribution in [0.2, 0.25) is 5.02 Å². The SMILES string of the molecule is COc1ccc(Cl)cc1N1C(=O)C(C)c2ncc(C(F)(F)F)cc21. The second-order valence-electron chi connectivity index (χ2n) is 5.34. The number of methoxy groups -OCH3 is 1. The normalized spacial score (nSPS) is 17.2. The number of alkyl halides is 3. The average Bonchev–Trinajstić information content (AvgIpc) is 2.77. The van der Waals surface area contributed by atoms with Crippen LogP contribution in [0.1, 0.15) is 24.1 Å². The number of carbonyl (C=O) groups is 1. The van der Waals surface area contributed by atoms with E-state index in [1.54, 1.807) is 19.1 Å². The van der Waals surface area contributed by atoms with Crippen LogP contribution in [-0.2, 0) is 11.0 Å². The molecule has 1 amide bonds. The third kappa shape index (κ3) is 2.58. The molecule has 0 fully saturated rings. The van der Waals surface area contributed by atoms with E-state index in [9.17, 15) is 18.0 Å². The summed E-state index contributed by atoms with van der Waals surface area (Å²) in [6.07, 6.45) is -3.82. The van der Waals surface area contributed by atoms with E-state index in [-0.39, 0.29) is 17.1 Å². The number of benzene rings is 1. The number of fused-ring (bicyclic) bond motifs is 1. The van der Waals surface area contributed by atoms with Crippen LogP contribution in [-0.4, -0.2) is 18.0 Å². The summed E-state index contributed by atoms with van der Waals surface area (Å²) in [5.74, 6) is -0.728. The predicted octanol–water partition coefficient (Wildman–Crippen LogP) is 4.54. The molecular formula is C16H12ClF3N2O2. The smallest absolute Gasteiger partial charge is 0.417 e. The minimum Gasteiger partial charge on any atom is -0.495 e. The third-order valence-corrected chi connectivity index (χ3v) is 4.08. The Morgan fingerprint density at radius 1 is 1.25 bits per heavy atom. The summed E-state index contributed by atoms with van der Waals surface area (Å²) < 4.78 is 44.2. The van der Waals surface area contributed by atoms with Crippen LogP contribution < -0.4 is 9.64 Å². The quantitative estimate of drug-likeness (QED) is 0.793. The number of carbonyl (C=O) groups excluding carboxylic acids is 1. The molecule has 0 aliphatic carbocycles. The molecule has 0 N–H and O–H groups in total. The molecule has 3 rings (SSSR count). The summed E-state index contributed by atoms with van der Waals surface area (Å²) in [6.45, 7) is 1.60. The van der Waals surface area contributed by atoms with Crippen molar-refractivity contribution in [1.29, 1.82) is 0 Å². The molecule has 0 spiro atoms. The fraction of sp³-hybridized carbons (Fsp3) is 0.250. The van der Waals surface area contributed by atoms with Gasteiger partial charge in [-0.1, -0.05) is 11.6 Å². The standard InChI is InChI=1S/C16H12ClF3N2O2/c1-8-14-12(5-9(7-21-14)16(18,19)20)22(15(8)23)11-6-10(17)3-4-13(11)24-2/h3-8H,1-2H3. The highest BCUT2D eigenvalue weighted by Crippen LogP contribution is 2.46. The minimum absolute atomic E-state index is 0.0860. The molecule has 24 heavy (non-hydrogen) atoms. The van der Waals surface area contributed by atoms with Crippen LogP contribution >= 0.6 is 11.6 Å². The first-order chi connectivity index (χ1) is 11.2. The number of ether oxygens (including phenoxy) is 1. The van der Waals surface area contributed by atoms with E-state index in [0.29, 0.717) is 10.8 Å². The number of halogens is 4. The van der Waals surface area contributed by atoms with Gasteiger partial charge >= 0.3 is 6.18 Å². The molecule has 0 saturated carbocycles. The molecule has 1 aromatic carbocycles. The van der Waals surface area contributed by atoms with Crippen LogP contribution in [0.25, 0.3) is 0 Å². The molecule has 1 aliphatic rings. The average molecular weight is 357 g/mol. The van der Waals surface area contributed by atoms with Crippen LogP contribution in [0.3, 0.4) is 0 Å². The largest absolute Gasteiger partial charge is 0.495 e. The van der Waals surface area contributed by atoms with E-state index in [2.05, 4.69) is 4.98 Å². The van der Waals surface area contributed by atoms with Crippen molar-refractivity contribution in [2.45, 2.75) is 19.0 Å². The lowest BCUT2D eigenvalue weighted by Crippen LogP contribution is -2.23. The highest BCUT2D eigenvalue weighted by atomic mass is 35.5. The maximum absolute atomic E-state index is 13.0. The molecule has 1 aliphatic heterocycles. The molecule has 1 atom stereocenters. The Hall–Kier alpha value is -2.28. The number of rotatable bonds is 2. The first-order valence-electron chi connectivity index (χ1n) is 6.98. The number of pyridine rings is 1. The lowest BCUT2D eigenvalue weighted by molar-refractivity contribution is -0.137. The van der Waals surface area contributed by atoms with Crippen LogP contribution in [0.5, 0.6) is 5.75 Å². The van der Waals surface area contributed by atoms with E-state index in [1.165, 1.54) is 18.1 Å². The summed E-state index contributed by atoms with van der Waals surface area (Å²) in [5, 5.41) is 0.333. The van der Waals surface area contributed by atoms with Gasteiger partial charge in [0.05, 0.1) is 35.7 Å². The maximum atomic E-state index is 13.0. The molecule has 0 bridgehead atoms. The summed E-state index contributed by atoms with van der Waals surface area (Å²) in [5.41, 5.74) is -0.270. The molecule has 1 unspecified atom stereocenters. The minimum atomic E-state index is -4.55. The number of hydrogen-bond donors (Lipinski definition) is 0. The first kappa shape index (κ1) is 16.6. The van der Waals surface area contributed by atoms with Gasteiger partial charge in [0.25, 0.3) is 0 Å². The Kier molecular flexibility index (Phi) is 3.91. The molecule has 126 valence electrons. The molecule has 2 aromatic rings. The van der Waals surface area contributed by atoms with Gasteiger partial charge in [-0.05, 0) is 31.2 Å². The number of aromatic nitrogens is 1. The number of hydrogen-bond acceptors (Lipinski definition) is 3. The van der Waals surface area contributed by atoms with Gasteiger partial charge in [0, 0.05) is 11.2 Å². The lowest BCUT2D eigenvalue weighted by atomic mass is 10.1. The van der Waals surface area contributed by atoms with Crippen molar-refractivity contribution in [2.75, 3.05) is 12.0 Å². The molecule has 0 radical (unpaired) electrons. The first-order valence-corrected chi connectivity index (χ1v) is 7.36. The topological polar surface area (TPSA) is 42.4 Å². The summed E-state index contributed by atoms with van der Waals surface area (Å²) in [4.78, 5) is 17.6. The zero-order valence-corrected chi connectivity index (χ0v) is 13.4. The van der Waals surface area contributed by atoms with Crippen molar-refractivity contribution in [2.24, 2.45) is 0 Å². The molecular weight excluding hydrogens is 345 g/mol. The Bertz CT molecular complexity index is 823. The van der Waals surface area contributed by atoms with Gasteiger partial charge in [0.15, 0.2) is 0 Å². The van der Waals surface area contributed by atoms with Crippen molar-refractivity contribution in [3.63, 3.8) is 0 Å². The van der Waals surface area contributed by atoms with Gasteiger partial charge in [0.1, 0.15) is 5.75 Å². The highest BCUT2D eigenvalue weighted by molar-refractivity contribution is 6.31. The molecule has 1 aromatic heterocycles. The monoisotopic (exact) mass is 356 g/mol. The van der Waals surface area contributed by atoms with E-state index >= 15 is 0 Å². The maximum Gasteiger partial charge on any atom is 0.417 e. The van der Waals surface area contributed by atoms with Gasteiger partial charge < -0.3 is 4.74 Å². The zero-order valence-electron chi connectivity index (χ0n) is 12.7. The Morgan fingerprint density at radius 2 is 1.96 bits per heavy atom. The molecule has 0 saturated heterocycles. The van der Waals surface area contributed by atoms with Crippen LogP contribution in [0, 0.1) is 0 Å². The van der Waals surface area contributed by atoms with E-state index in [0.717, 1.165) is 12.3 Å². The summed E-state index contributed by atoms with van der Waals surface area (Å²) in [7, 11) is 1.40. The van der Waals surface area contributed by atoms with Gasteiger partial charge in [0.2, 0.25) is 5.91 Å². The van der Waals surface area contributed by atoms with Gasteiger partial charge in [-0.25, -0.2) is 0 Å². The second kappa shape index (κ2) is 5.66. The molecule has 4 nitrogen and oxygen atoms in total. The Labute approximate surface area is 140 Å². The van der Waals surface area contributed by atoms with Crippen molar-refractivity contribution < 1.29 is 22.7 Å². The van der Waals surface area contributed by atoms with E-state index in [4.69, 9.17) is 16.3 Å². The zero-order chi connectivity index (χ0) is 17.6. The van der Waals surface area contributed by atoms with Gasteiger partial charge in [-0.15, -0.1) is 0 Å². The fourth-order valence-electron chi connectivity index (χ4n) is 2.65. The van der Waals surface area contributed by atoms with Crippen molar-refractivity contribution in [3.05, 3.63) is 46.7 Å². The van der Waals surface area contributed by atoms with Crippen LogP contribution in [0.15, 0.2) is 30.5 Å². The molecule has 2 heterocycles. The van der Waals surface area contributed by atoms with Crippen LogP contribution in [0.4, 0.5) is 24.5 Å². The van der Waals surface area contributed by atoms with E-state index in [1.807, 2.05) is 0 Å². The highest BCUT2D eigenvalue weighted by Gasteiger charge is 2.40. The Morgan fingerprint density at radius 3 is 2.58 bits per heavy atom. The number of nitrogens with zero attached hydrogens (tertiary/aromatic N) is 2. The van der Waals surface area contributed by atoms with Gasteiger partial charge in [-0.3, -0.25) is 14.7 Å². The predicted molar refractivity (Wildman–Crippen MR) is 82.8 cm³/mol. The van der Waals surface area contributed by atoms with E-state index < -0.39 is 23.6 Å². The summed E-state index contributed by atoms with van der Waals surface area (Å²) >= 11 is 5.98. The lowest BCUT2D eigenvalue weighted by Gasteiger charge is -2.21. The van der Waals surface area contributed by atoms with Crippen molar-refractivity contribution >= 4 is 28.9 Å². The van der Waals surface area contributed by atoms with Gasteiger partial charge in [-0.2, -0.15) is 13.2 Å². The summed E-state index contributed by atoms with van der Waals surface area (Å²) in [6, 6.07) is 5.51. The Balaban J connectivity index is 2.22.